The summed E-state index contributed by atoms with van der Waals surface area (Å²) in [6, 6.07) is 7.39. The third-order valence-corrected chi connectivity index (χ3v) is 5.60. The Bertz CT molecular complexity index is 446. The lowest BCUT2D eigenvalue weighted by Gasteiger charge is -2.36. The van der Waals surface area contributed by atoms with E-state index in [2.05, 4.69) is 50.9 Å². The van der Waals surface area contributed by atoms with E-state index in [0.29, 0.717) is 0 Å². The van der Waals surface area contributed by atoms with Gasteiger partial charge in [-0.1, -0.05) is 18.6 Å². The highest BCUT2D eigenvalue weighted by Gasteiger charge is 2.27. The first kappa shape index (κ1) is 13.4. The molecule has 2 nitrogen and oxygen atoms in total. The van der Waals surface area contributed by atoms with Gasteiger partial charge in [-0.25, -0.2) is 0 Å². The number of halogens is 1. The monoisotopic (exact) mass is 322 g/mol. The number of fused-ring (bicyclic) bond motifs is 1. The van der Waals surface area contributed by atoms with Crippen molar-refractivity contribution in [2.75, 3.05) is 31.1 Å². The largest absolute Gasteiger partial charge is 0.369 e. The molecule has 1 atom stereocenters. The molecule has 2 aliphatic heterocycles. The van der Waals surface area contributed by atoms with E-state index in [0.717, 1.165) is 6.04 Å². The van der Waals surface area contributed by atoms with E-state index in [-0.39, 0.29) is 0 Å². The van der Waals surface area contributed by atoms with Gasteiger partial charge in [0.15, 0.2) is 0 Å². The van der Waals surface area contributed by atoms with Gasteiger partial charge in [-0.3, -0.25) is 4.90 Å². The molecule has 0 N–H and O–H groups in total. The van der Waals surface area contributed by atoms with E-state index >= 15 is 0 Å². The maximum absolute atomic E-state index is 3.77. The molecule has 104 valence electrons. The average Bonchev–Trinajstić information content (AvgIpc) is 2.64. The van der Waals surface area contributed by atoms with Gasteiger partial charge in [-0.2, -0.15) is 0 Å². The summed E-state index contributed by atoms with van der Waals surface area (Å²) >= 11 is 3.77. The maximum atomic E-state index is 3.77. The van der Waals surface area contributed by atoms with Crippen LogP contribution in [0.3, 0.4) is 0 Å². The lowest BCUT2D eigenvalue weighted by Crippen LogP contribution is -2.44. The first-order chi connectivity index (χ1) is 9.25. The predicted octanol–water partition coefficient (Wildman–Crippen LogP) is 3.82. The Hall–Kier alpha value is -0.540. The lowest BCUT2D eigenvalue weighted by molar-refractivity contribution is 0.162. The molecular formula is C16H23BrN2. The summed E-state index contributed by atoms with van der Waals surface area (Å²) in [5.41, 5.74) is 2.72. The van der Waals surface area contributed by atoms with Crippen LogP contribution in [0.25, 0.3) is 0 Å². The van der Waals surface area contributed by atoms with Crippen molar-refractivity contribution in [3.63, 3.8) is 0 Å². The zero-order valence-corrected chi connectivity index (χ0v) is 13.3. The van der Waals surface area contributed by atoms with Crippen molar-refractivity contribution in [3.8, 4) is 0 Å². The van der Waals surface area contributed by atoms with Crippen LogP contribution in [0.2, 0.25) is 0 Å². The van der Waals surface area contributed by atoms with Crippen molar-refractivity contribution >= 4 is 21.6 Å². The normalized spacial score (nSPS) is 24.9. The van der Waals surface area contributed by atoms with Crippen LogP contribution >= 0.6 is 15.9 Å². The second-order valence-corrected chi connectivity index (χ2v) is 6.69. The van der Waals surface area contributed by atoms with Gasteiger partial charge in [0.05, 0.1) is 5.69 Å². The summed E-state index contributed by atoms with van der Waals surface area (Å²) in [5.74, 6) is 0. The molecule has 0 bridgehead atoms. The number of rotatable bonds is 1. The summed E-state index contributed by atoms with van der Waals surface area (Å²) in [6.07, 6.45) is 5.46. The lowest BCUT2D eigenvalue weighted by atomic mass is 10.0. The van der Waals surface area contributed by atoms with Gasteiger partial charge in [0, 0.05) is 30.1 Å². The van der Waals surface area contributed by atoms with Crippen molar-refractivity contribution in [2.24, 2.45) is 0 Å². The maximum Gasteiger partial charge on any atom is 0.0513 e. The summed E-state index contributed by atoms with van der Waals surface area (Å²) in [7, 11) is 0. The van der Waals surface area contributed by atoms with E-state index in [1.807, 2.05) is 0 Å². The van der Waals surface area contributed by atoms with E-state index in [4.69, 9.17) is 0 Å². The molecule has 3 rings (SSSR count). The van der Waals surface area contributed by atoms with E-state index in [1.165, 1.54) is 67.6 Å². The van der Waals surface area contributed by atoms with Crippen LogP contribution in [0, 0.1) is 6.92 Å². The number of piperidine rings is 1. The van der Waals surface area contributed by atoms with Crippen LogP contribution in [0.15, 0.2) is 22.7 Å². The molecule has 2 fully saturated rings. The fourth-order valence-corrected chi connectivity index (χ4v) is 3.98. The summed E-state index contributed by atoms with van der Waals surface area (Å²) in [4.78, 5) is 5.31. The van der Waals surface area contributed by atoms with Crippen LogP contribution in [0.1, 0.15) is 31.2 Å². The standard InChI is InChI=1S/C16H23BrN2/c1-13-6-4-8-15(16(13)17)19-11-5-10-18-9-3-2-7-14(18)12-19/h4,6,8,14H,2-3,5,7,9-12H2,1H3. The third kappa shape index (κ3) is 2.82. The second kappa shape index (κ2) is 5.84. The van der Waals surface area contributed by atoms with Gasteiger partial charge in [0.25, 0.3) is 0 Å². The molecule has 0 aromatic heterocycles. The Morgan fingerprint density at radius 2 is 1.95 bits per heavy atom. The minimum Gasteiger partial charge on any atom is -0.369 e. The topological polar surface area (TPSA) is 6.48 Å². The van der Waals surface area contributed by atoms with Gasteiger partial charge >= 0.3 is 0 Å². The zero-order chi connectivity index (χ0) is 13.2. The van der Waals surface area contributed by atoms with E-state index < -0.39 is 0 Å². The smallest absolute Gasteiger partial charge is 0.0513 e. The van der Waals surface area contributed by atoms with Gasteiger partial charge in [-0.05, 0) is 60.3 Å². The Labute approximate surface area is 124 Å². The Morgan fingerprint density at radius 1 is 1.11 bits per heavy atom. The van der Waals surface area contributed by atoms with Crippen molar-refractivity contribution < 1.29 is 0 Å². The summed E-state index contributed by atoms with van der Waals surface area (Å²) < 4.78 is 1.28. The van der Waals surface area contributed by atoms with Crippen molar-refractivity contribution in [3.05, 3.63) is 28.2 Å². The fourth-order valence-electron chi connectivity index (χ4n) is 3.47. The van der Waals surface area contributed by atoms with E-state index in [1.54, 1.807) is 0 Å². The minimum atomic E-state index is 0.767. The van der Waals surface area contributed by atoms with Gasteiger partial charge in [0.2, 0.25) is 0 Å². The Balaban J connectivity index is 1.82. The highest BCUT2D eigenvalue weighted by Crippen LogP contribution is 2.32. The van der Waals surface area contributed by atoms with Crippen LogP contribution in [0.5, 0.6) is 0 Å². The van der Waals surface area contributed by atoms with Gasteiger partial charge < -0.3 is 4.90 Å². The number of hydrogen-bond donors (Lipinski definition) is 0. The third-order valence-electron chi connectivity index (χ3n) is 4.57. The highest BCUT2D eigenvalue weighted by atomic mass is 79.9. The molecular weight excluding hydrogens is 300 g/mol. The van der Waals surface area contributed by atoms with Crippen molar-refractivity contribution in [1.29, 1.82) is 0 Å². The average molecular weight is 323 g/mol. The molecule has 2 aliphatic rings. The molecule has 0 radical (unpaired) electrons. The Kier molecular flexibility index (Phi) is 4.13. The zero-order valence-electron chi connectivity index (χ0n) is 11.7. The Morgan fingerprint density at radius 3 is 2.84 bits per heavy atom. The molecule has 1 aromatic carbocycles. The van der Waals surface area contributed by atoms with Crippen LogP contribution in [-0.4, -0.2) is 37.1 Å². The molecule has 2 heterocycles. The SMILES string of the molecule is Cc1cccc(N2CCCN3CCCCC3C2)c1Br. The van der Waals surface area contributed by atoms with Crippen LogP contribution in [-0.2, 0) is 0 Å². The quantitative estimate of drug-likeness (QED) is 0.775. The number of benzene rings is 1. The molecule has 0 saturated carbocycles. The second-order valence-electron chi connectivity index (χ2n) is 5.89. The first-order valence-electron chi connectivity index (χ1n) is 7.50. The highest BCUT2D eigenvalue weighted by molar-refractivity contribution is 9.10. The molecule has 1 aromatic rings. The van der Waals surface area contributed by atoms with Crippen molar-refractivity contribution in [2.45, 2.75) is 38.6 Å². The molecule has 2 saturated heterocycles. The minimum absolute atomic E-state index is 0.767. The molecule has 0 aliphatic carbocycles. The molecule has 19 heavy (non-hydrogen) atoms. The van der Waals surface area contributed by atoms with Gasteiger partial charge in [0.1, 0.15) is 0 Å². The van der Waals surface area contributed by atoms with Crippen molar-refractivity contribution in [1.82, 2.24) is 4.90 Å². The fraction of sp³-hybridized carbons (Fsp3) is 0.625. The number of nitrogens with zero attached hydrogens (tertiary/aromatic N) is 2. The van der Waals surface area contributed by atoms with Gasteiger partial charge in [-0.15, -0.1) is 0 Å². The molecule has 0 amide bonds. The summed E-state index contributed by atoms with van der Waals surface area (Å²) in [5, 5.41) is 0. The summed E-state index contributed by atoms with van der Waals surface area (Å²) in [6.45, 7) is 7.16. The molecule has 1 unspecified atom stereocenters. The van der Waals surface area contributed by atoms with E-state index in [9.17, 15) is 0 Å². The first-order valence-corrected chi connectivity index (χ1v) is 8.29. The molecule has 3 heteroatoms. The number of anilines is 1. The predicted molar refractivity (Wildman–Crippen MR) is 84.9 cm³/mol. The number of aryl methyl sites for hydroxylation is 1. The molecule has 0 spiro atoms. The number of hydrogen-bond acceptors (Lipinski definition) is 2. The van der Waals surface area contributed by atoms with Crippen LogP contribution < -0.4 is 4.90 Å². The van der Waals surface area contributed by atoms with Crippen LogP contribution in [0.4, 0.5) is 5.69 Å².